The summed E-state index contributed by atoms with van der Waals surface area (Å²) < 4.78 is 10.5. The molecule has 6 nitrogen and oxygen atoms in total. The van der Waals surface area contributed by atoms with Crippen molar-refractivity contribution in [3.8, 4) is 5.75 Å². The number of benzene rings is 2. The molecule has 0 atom stereocenters. The minimum Gasteiger partial charge on any atom is -0.490 e. The second-order valence-electron chi connectivity index (χ2n) is 5.05. The Labute approximate surface area is 140 Å². The molecule has 0 aliphatic rings. The summed E-state index contributed by atoms with van der Waals surface area (Å²) in [7, 11) is 1.59. The van der Waals surface area contributed by atoms with Gasteiger partial charge in [0.2, 0.25) is 5.91 Å². The Morgan fingerprint density at radius 1 is 0.958 bits per heavy atom. The van der Waals surface area contributed by atoms with E-state index in [9.17, 15) is 9.59 Å². The highest BCUT2D eigenvalue weighted by molar-refractivity contribution is 6.06. The summed E-state index contributed by atoms with van der Waals surface area (Å²) in [4.78, 5) is 23.6. The van der Waals surface area contributed by atoms with Crippen molar-refractivity contribution in [3.63, 3.8) is 0 Å². The normalized spacial score (nSPS) is 10.1. The maximum Gasteiger partial charge on any atom is 0.259 e. The number of nitrogens with one attached hydrogen (secondary N) is 2. The Hall–Kier alpha value is -2.86. The number of hydrogen-bond donors (Lipinski definition) is 2. The van der Waals surface area contributed by atoms with Gasteiger partial charge in [-0.3, -0.25) is 9.59 Å². The van der Waals surface area contributed by atoms with E-state index in [1.165, 1.54) is 6.92 Å². The van der Waals surface area contributed by atoms with Gasteiger partial charge in [0, 0.05) is 25.4 Å². The lowest BCUT2D eigenvalue weighted by Crippen LogP contribution is -2.15. The second-order valence-corrected chi connectivity index (χ2v) is 5.05. The summed E-state index contributed by atoms with van der Waals surface area (Å²) in [6.07, 6.45) is 0. The van der Waals surface area contributed by atoms with E-state index in [1.807, 2.05) is 0 Å². The smallest absolute Gasteiger partial charge is 0.259 e. The van der Waals surface area contributed by atoms with Gasteiger partial charge in [0.05, 0.1) is 12.2 Å². The van der Waals surface area contributed by atoms with Crippen LogP contribution in [-0.4, -0.2) is 32.1 Å². The van der Waals surface area contributed by atoms with Gasteiger partial charge in [-0.15, -0.1) is 0 Å². The molecule has 24 heavy (non-hydrogen) atoms. The van der Waals surface area contributed by atoms with Crippen molar-refractivity contribution < 1.29 is 19.1 Å². The fourth-order valence-electron chi connectivity index (χ4n) is 2.09. The molecule has 0 spiro atoms. The maximum atomic E-state index is 12.5. The van der Waals surface area contributed by atoms with Crippen molar-refractivity contribution in [1.29, 1.82) is 0 Å². The van der Waals surface area contributed by atoms with Crippen LogP contribution in [0.25, 0.3) is 0 Å². The molecular weight excluding hydrogens is 308 g/mol. The van der Waals surface area contributed by atoms with Crippen molar-refractivity contribution in [3.05, 3.63) is 54.1 Å². The third-order valence-corrected chi connectivity index (χ3v) is 3.12. The van der Waals surface area contributed by atoms with Crippen molar-refractivity contribution in [1.82, 2.24) is 0 Å². The number of para-hydroxylation sites is 1. The Balaban J connectivity index is 2.11. The van der Waals surface area contributed by atoms with E-state index in [-0.39, 0.29) is 11.8 Å². The molecule has 0 bridgehead atoms. The number of methoxy groups -OCH3 is 1. The number of hydrogen-bond acceptors (Lipinski definition) is 4. The molecule has 0 fully saturated rings. The highest BCUT2D eigenvalue weighted by Crippen LogP contribution is 2.21. The lowest BCUT2D eigenvalue weighted by Gasteiger charge is -2.12. The van der Waals surface area contributed by atoms with Crippen LogP contribution in [0.4, 0.5) is 11.4 Å². The molecule has 0 radical (unpaired) electrons. The van der Waals surface area contributed by atoms with Crippen LogP contribution in [-0.2, 0) is 9.53 Å². The fourth-order valence-corrected chi connectivity index (χ4v) is 2.09. The first-order chi connectivity index (χ1) is 11.6. The zero-order valence-corrected chi connectivity index (χ0v) is 13.7. The molecule has 126 valence electrons. The molecule has 0 aliphatic heterocycles. The van der Waals surface area contributed by atoms with Gasteiger partial charge in [0.25, 0.3) is 5.91 Å². The van der Waals surface area contributed by atoms with E-state index < -0.39 is 0 Å². The molecule has 0 saturated heterocycles. The molecule has 0 aliphatic carbocycles. The Morgan fingerprint density at radius 3 is 2.38 bits per heavy atom. The van der Waals surface area contributed by atoms with Crippen LogP contribution in [0.2, 0.25) is 0 Å². The predicted octanol–water partition coefficient (Wildman–Crippen LogP) is 2.92. The van der Waals surface area contributed by atoms with E-state index in [1.54, 1.807) is 55.6 Å². The highest BCUT2D eigenvalue weighted by Gasteiger charge is 2.12. The standard InChI is InChI=1S/C18H20N2O4/c1-13(21)19-14-6-5-7-15(12-14)20-18(22)16-8-3-4-9-17(16)24-11-10-23-2/h3-9,12H,10-11H2,1-2H3,(H,19,21)(H,20,22). The number of carbonyl (C=O) groups excluding carboxylic acids is 2. The van der Waals surface area contributed by atoms with Crippen LogP contribution in [0.1, 0.15) is 17.3 Å². The van der Waals surface area contributed by atoms with E-state index in [2.05, 4.69) is 10.6 Å². The average Bonchev–Trinajstić information content (AvgIpc) is 2.55. The van der Waals surface area contributed by atoms with Gasteiger partial charge in [0.15, 0.2) is 0 Å². The molecule has 2 aromatic carbocycles. The molecule has 2 aromatic rings. The zero-order chi connectivity index (χ0) is 17.4. The molecule has 6 heteroatoms. The van der Waals surface area contributed by atoms with Gasteiger partial charge in [-0.2, -0.15) is 0 Å². The molecule has 0 aromatic heterocycles. The van der Waals surface area contributed by atoms with Gasteiger partial charge in [0.1, 0.15) is 12.4 Å². The van der Waals surface area contributed by atoms with Crippen molar-refractivity contribution >= 4 is 23.2 Å². The molecule has 2 rings (SSSR count). The number of rotatable bonds is 7. The fraction of sp³-hybridized carbons (Fsp3) is 0.222. The Kier molecular flexibility index (Phi) is 6.33. The van der Waals surface area contributed by atoms with Gasteiger partial charge in [-0.05, 0) is 30.3 Å². The molecule has 0 saturated carbocycles. The lowest BCUT2D eigenvalue weighted by molar-refractivity contribution is -0.114. The summed E-state index contributed by atoms with van der Waals surface area (Å²) in [5.41, 5.74) is 1.63. The van der Waals surface area contributed by atoms with Crippen LogP contribution in [0.15, 0.2) is 48.5 Å². The van der Waals surface area contributed by atoms with E-state index in [4.69, 9.17) is 9.47 Å². The van der Waals surface area contributed by atoms with Crippen LogP contribution < -0.4 is 15.4 Å². The minimum atomic E-state index is -0.289. The summed E-state index contributed by atoms with van der Waals surface area (Å²) in [5.74, 6) is 0.0309. The third-order valence-electron chi connectivity index (χ3n) is 3.12. The molecule has 2 amide bonds. The SMILES string of the molecule is COCCOc1ccccc1C(=O)Nc1cccc(NC(C)=O)c1. The number of carbonyl (C=O) groups is 2. The van der Waals surface area contributed by atoms with Crippen LogP contribution in [0, 0.1) is 0 Å². The monoisotopic (exact) mass is 328 g/mol. The van der Waals surface area contributed by atoms with Crippen molar-refractivity contribution in [2.24, 2.45) is 0 Å². The number of amides is 2. The van der Waals surface area contributed by atoms with Gasteiger partial charge in [-0.1, -0.05) is 18.2 Å². The zero-order valence-electron chi connectivity index (χ0n) is 13.7. The Morgan fingerprint density at radius 2 is 1.67 bits per heavy atom. The number of ether oxygens (including phenoxy) is 2. The number of anilines is 2. The van der Waals surface area contributed by atoms with E-state index in [0.29, 0.717) is 35.9 Å². The average molecular weight is 328 g/mol. The largest absolute Gasteiger partial charge is 0.490 e. The highest BCUT2D eigenvalue weighted by atomic mass is 16.5. The maximum absolute atomic E-state index is 12.5. The van der Waals surface area contributed by atoms with E-state index in [0.717, 1.165) is 0 Å². The van der Waals surface area contributed by atoms with Crippen molar-refractivity contribution in [2.45, 2.75) is 6.92 Å². The molecule has 0 unspecified atom stereocenters. The lowest BCUT2D eigenvalue weighted by atomic mass is 10.1. The third kappa shape index (κ3) is 5.10. The first-order valence-corrected chi connectivity index (χ1v) is 7.50. The van der Waals surface area contributed by atoms with Gasteiger partial charge in [-0.25, -0.2) is 0 Å². The topological polar surface area (TPSA) is 76.7 Å². The quantitative estimate of drug-likeness (QED) is 0.766. The van der Waals surface area contributed by atoms with Crippen LogP contribution in [0.5, 0.6) is 5.75 Å². The van der Waals surface area contributed by atoms with E-state index >= 15 is 0 Å². The van der Waals surface area contributed by atoms with Gasteiger partial charge < -0.3 is 20.1 Å². The second kappa shape index (κ2) is 8.69. The summed E-state index contributed by atoms with van der Waals surface area (Å²) in [6, 6.07) is 13.9. The summed E-state index contributed by atoms with van der Waals surface area (Å²) >= 11 is 0. The first kappa shape index (κ1) is 17.5. The molecular formula is C18H20N2O4. The van der Waals surface area contributed by atoms with Gasteiger partial charge >= 0.3 is 0 Å². The Bertz CT molecular complexity index is 716. The predicted molar refractivity (Wildman–Crippen MR) is 92.5 cm³/mol. The molecule has 2 N–H and O–H groups in total. The minimum absolute atomic E-state index is 0.171. The van der Waals surface area contributed by atoms with Crippen molar-refractivity contribution in [2.75, 3.05) is 31.0 Å². The first-order valence-electron chi connectivity index (χ1n) is 7.50. The summed E-state index contributed by atoms with van der Waals surface area (Å²) in [5, 5.41) is 5.48. The van der Waals surface area contributed by atoms with Crippen LogP contribution >= 0.6 is 0 Å². The molecule has 0 heterocycles. The summed E-state index contributed by atoms with van der Waals surface area (Å²) in [6.45, 7) is 2.23. The van der Waals surface area contributed by atoms with Crippen LogP contribution in [0.3, 0.4) is 0 Å².